The molecule has 12 heavy (non-hydrogen) atoms. The molecule has 0 rings (SSSR count). The maximum absolute atomic E-state index is 5.81. The molecule has 0 bridgehead atoms. The molecule has 0 amide bonds. The van der Waals surface area contributed by atoms with Crippen LogP contribution in [0, 0.1) is 0 Å². The lowest BCUT2D eigenvalue weighted by Crippen LogP contribution is -2.29. The van der Waals surface area contributed by atoms with Crippen LogP contribution in [0.3, 0.4) is 0 Å². The van der Waals surface area contributed by atoms with Gasteiger partial charge in [0.15, 0.2) is 0 Å². The highest BCUT2D eigenvalue weighted by Gasteiger charge is 2.01. The Labute approximate surface area is 80.2 Å². The van der Waals surface area contributed by atoms with Gasteiger partial charge in [0, 0.05) is 18.4 Å². The molecule has 0 radical (unpaired) electrons. The van der Waals surface area contributed by atoms with Crippen LogP contribution < -0.4 is 5.73 Å². The molecule has 2 nitrogen and oxygen atoms in total. The fourth-order valence-corrected chi connectivity index (χ4v) is 1.66. The molecule has 0 heterocycles. The van der Waals surface area contributed by atoms with E-state index in [4.69, 9.17) is 10.5 Å². The summed E-state index contributed by atoms with van der Waals surface area (Å²) in [5.41, 5.74) is 5.81. The quantitative estimate of drug-likeness (QED) is 0.595. The van der Waals surface area contributed by atoms with Gasteiger partial charge in [0.1, 0.15) is 0 Å². The average molecular weight is 191 g/mol. The van der Waals surface area contributed by atoms with Crippen molar-refractivity contribution in [3.8, 4) is 0 Å². The number of hydrogen-bond donors (Lipinski definition) is 1. The van der Waals surface area contributed by atoms with Crippen LogP contribution in [-0.2, 0) is 4.74 Å². The Balaban J connectivity index is 3.04. The molecule has 0 aliphatic carbocycles. The van der Waals surface area contributed by atoms with Gasteiger partial charge in [0.05, 0.1) is 6.61 Å². The number of thioether (sulfide) groups is 1. The van der Waals surface area contributed by atoms with Gasteiger partial charge in [-0.15, -0.1) is 0 Å². The van der Waals surface area contributed by atoms with Crippen molar-refractivity contribution in [2.24, 2.45) is 5.73 Å². The first-order valence-electron chi connectivity index (χ1n) is 4.72. The van der Waals surface area contributed by atoms with E-state index in [0.29, 0.717) is 6.61 Å². The number of nitrogens with two attached hydrogens (primary N) is 1. The molecule has 0 aliphatic rings. The van der Waals surface area contributed by atoms with Crippen molar-refractivity contribution in [3.63, 3.8) is 0 Å². The molecule has 0 fully saturated rings. The largest absolute Gasteiger partial charge is 0.380 e. The highest BCUT2D eigenvalue weighted by atomic mass is 32.2. The van der Waals surface area contributed by atoms with E-state index in [2.05, 4.69) is 13.8 Å². The summed E-state index contributed by atoms with van der Waals surface area (Å²) < 4.78 is 5.34. The van der Waals surface area contributed by atoms with E-state index in [1.807, 2.05) is 11.8 Å². The second-order valence-corrected chi connectivity index (χ2v) is 4.06. The molecular weight excluding hydrogens is 170 g/mol. The third-order valence-electron chi connectivity index (χ3n) is 1.36. The highest BCUT2D eigenvalue weighted by Crippen LogP contribution is 2.03. The summed E-state index contributed by atoms with van der Waals surface area (Å²) >= 11 is 1.91. The third kappa shape index (κ3) is 8.37. The van der Waals surface area contributed by atoms with Gasteiger partial charge >= 0.3 is 0 Å². The van der Waals surface area contributed by atoms with Crippen LogP contribution in [0.15, 0.2) is 0 Å². The molecule has 1 atom stereocenters. The molecule has 0 saturated carbocycles. The lowest BCUT2D eigenvalue weighted by atomic mass is 10.4. The lowest BCUT2D eigenvalue weighted by molar-refractivity contribution is 0.126. The van der Waals surface area contributed by atoms with E-state index in [1.165, 1.54) is 12.2 Å². The smallest absolute Gasteiger partial charge is 0.0625 e. The van der Waals surface area contributed by atoms with Gasteiger partial charge in [-0.25, -0.2) is 0 Å². The van der Waals surface area contributed by atoms with Crippen LogP contribution in [0.1, 0.15) is 26.7 Å². The van der Waals surface area contributed by atoms with E-state index in [9.17, 15) is 0 Å². The summed E-state index contributed by atoms with van der Waals surface area (Å²) in [5, 5.41) is 0. The van der Waals surface area contributed by atoms with Crippen LogP contribution in [0.25, 0.3) is 0 Å². The summed E-state index contributed by atoms with van der Waals surface area (Å²) in [6, 6.07) is 0.216. The number of ether oxygens (including phenoxy) is 1. The van der Waals surface area contributed by atoms with Crippen LogP contribution in [0.4, 0.5) is 0 Å². The zero-order valence-electron chi connectivity index (χ0n) is 8.21. The Morgan fingerprint density at radius 2 is 2.08 bits per heavy atom. The van der Waals surface area contributed by atoms with E-state index < -0.39 is 0 Å². The molecule has 74 valence electrons. The summed E-state index contributed by atoms with van der Waals surface area (Å²) in [5.74, 6) is 2.24. The molecule has 0 spiro atoms. The number of rotatable bonds is 8. The van der Waals surface area contributed by atoms with Crippen molar-refractivity contribution in [2.75, 3.05) is 24.7 Å². The Morgan fingerprint density at radius 3 is 2.67 bits per heavy atom. The molecule has 1 unspecified atom stereocenters. The van der Waals surface area contributed by atoms with Crippen molar-refractivity contribution in [1.29, 1.82) is 0 Å². The molecule has 0 aromatic heterocycles. The fourth-order valence-electron chi connectivity index (χ4n) is 0.806. The minimum absolute atomic E-state index is 0.216. The van der Waals surface area contributed by atoms with E-state index in [1.54, 1.807) is 0 Å². The fraction of sp³-hybridized carbons (Fsp3) is 1.00. The van der Waals surface area contributed by atoms with Crippen molar-refractivity contribution in [2.45, 2.75) is 32.7 Å². The first-order chi connectivity index (χ1) is 5.81. The van der Waals surface area contributed by atoms with Crippen LogP contribution >= 0.6 is 11.8 Å². The average Bonchev–Trinajstić information content (AvgIpc) is 2.06. The van der Waals surface area contributed by atoms with Gasteiger partial charge in [-0.1, -0.05) is 13.8 Å². The van der Waals surface area contributed by atoms with E-state index >= 15 is 0 Å². The van der Waals surface area contributed by atoms with Gasteiger partial charge < -0.3 is 10.5 Å². The minimum Gasteiger partial charge on any atom is -0.380 e. The molecule has 0 aromatic carbocycles. The Bertz CT molecular complexity index is 80.6. The molecule has 0 aliphatic heterocycles. The summed E-state index contributed by atoms with van der Waals surface area (Å²) in [7, 11) is 0. The minimum atomic E-state index is 0.216. The van der Waals surface area contributed by atoms with Crippen molar-refractivity contribution >= 4 is 11.8 Å². The van der Waals surface area contributed by atoms with Gasteiger partial charge in [-0.3, -0.25) is 0 Å². The monoisotopic (exact) mass is 191 g/mol. The zero-order chi connectivity index (χ0) is 9.23. The first-order valence-corrected chi connectivity index (χ1v) is 5.87. The SMILES string of the molecule is CCCOCC(N)CSCCC. The Morgan fingerprint density at radius 1 is 1.33 bits per heavy atom. The second kappa shape index (κ2) is 9.36. The van der Waals surface area contributed by atoms with E-state index in [0.717, 1.165) is 18.8 Å². The zero-order valence-corrected chi connectivity index (χ0v) is 9.03. The maximum Gasteiger partial charge on any atom is 0.0625 e. The molecule has 0 aromatic rings. The molecule has 0 saturated heterocycles. The highest BCUT2D eigenvalue weighted by molar-refractivity contribution is 7.99. The van der Waals surface area contributed by atoms with Gasteiger partial charge in [0.2, 0.25) is 0 Å². The summed E-state index contributed by atoms with van der Waals surface area (Å²) in [6.07, 6.45) is 2.31. The second-order valence-electron chi connectivity index (χ2n) is 2.91. The molecule has 2 N–H and O–H groups in total. The van der Waals surface area contributed by atoms with Crippen LogP contribution in [0.2, 0.25) is 0 Å². The molecule has 3 heteroatoms. The van der Waals surface area contributed by atoms with E-state index in [-0.39, 0.29) is 6.04 Å². The predicted octanol–water partition coefficient (Wildman–Crippen LogP) is 1.88. The van der Waals surface area contributed by atoms with Gasteiger partial charge in [0.25, 0.3) is 0 Å². The van der Waals surface area contributed by atoms with Crippen LogP contribution in [-0.4, -0.2) is 30.8 Å². The predicted molar refractivity (Wildman–Crippen MR) is 56.7 cm³/mol. The lowest BCUT2D eigenvalue weighted by Gasteiger charge is -2.10. The standard InChI is InChI=1S/C9H21NOS/c1-3-5-11-7-9(10)8-12-6-4-2/h9H,3-8,10H2,1-2H3. The third-order valence-corrected chi connectivity index (χ3v) is 2.72. The topological polar surface area (TPSA) is 35.2 Å². The van der Waals surface area contributed by atoms with Gasteiger partial charge in [-0.05, 0) is 18.6 Å². The Hall–Kier alpha value is 0.270. The summed E-state index contributed by atoms with van der Waals surface area (Å²) in [6.45, 7) is 5.85. The number of hydrogen-bond acceptors (Lipinski definition) is 3. The first kappa shape index (κ1) is 12.3. The summed E-state index contributed by atoms with van der Waals surface area (Å²) in [4.78, 5) is 0. The maximum atomic E-state index is 5.81. The molecular formula is C9H21NOS. The normalized spacial score (nSPS) is 13.2. The van der Waals surface area contributed by atoms with Crippen molar-refractivity contribution in [1.82, 2.24) is 0 Å². The van der Waals surface area contributed by atoms with Gasteiger partial charge in [-0.2, -0.15) is 11.8 Å². The van der Waals surface area contributed by atoms with Crippen LogP contribution in [0.5, 0.6) is 0 Å². The Kier molecular flexibility index (Phi) is 9.57. The van der Waals surface area contributed by atoms with Crippen molar-refractivity contribution < 1.29 is 4.74 Å². The van der Waals surface area contributed by atoms with Crippen molar-refractivity contribution in [3.05, 3.63) is 0 Å².